The number of hydrogen-bond donors (Lipinski definition) is 1. The van der Waals surface area contributed by atoms with Crippen LogP contribution in [0.5, 0.6) is 0 Å². The molecule has 2 aromatic rings. The first-order chi connectivity index (χ1) is 9.15. The molecule has 0 atom stereocenters. The molecule has 2 rings (SSSR count). The van der Waals surface area contributed by atoms with E-state index in [0.717, 1.165) is 18.5 Å². The van der Waals surface area contributed by atoms with Gasteiger partial charge in [0.05, 0.1) is 4.88 Å². The number of hydrogen-bond acceptors (Lipinski definition) is 3. The topological polar surface area (TPSA) is 51.1 Å². The molecule has 0 saturated heterocycles. The molecule has 0 saturated carbocycles. The molecule has 0 spiro atoms. The van der Waals surface area contributed by atoms with Crippen molar-refractivity contribution in [3.8, 4) is 0 Å². The number of carbonyl (C=O) groups excluding carboxylic acids is 1. The summed E-state index contributed by atoms with van der Waals surface area (Å²) in [6, 6.07) is 3.41. The third kappa shape index (κ3) is 2.93. The van der Waals surface area contributed by atoms with Crippen molar-refractivity contribution in [1.82, 2.24) is 4.57 Å². The van der Waals surface area contributed by atoms with Crippen LogP contribution in [-0.4, -0.2) is 10.5 Å². The fourth-order valence-electron chi connectivity index (χ4n) is 1.81. The molecule has 0 aliphatic heterocycles. The zero-order valence-corrected chi connectivity index (χ0v) is 11.8. The number of aryl methyl sites for hydroxylation is 2. The van der Waals surface area contributed by atoms with E-state index in [4.69, 9.17) is 0 Å². The van der Waals surface area contributed by atoms with E-state index in [-0.39, 0.29) is 11.3 Å². The van der Waals surface area contributed by atoms with Crippen molar-refractivity contribution in [1.29, 1.82) is 0 Å². The minimum absolute atomic E-state index is 0.173. The molecule has 2 heterocycles. The molecule has 2 aromatic heterocycles. The van der Waals surface area contributed by atoms with E-state index in [1.54, 1.807) is 12.4 Å². The summed E-state index contributed by atoms with van der Waals surface area (Å²) in [4.78, 5) is 24.6. The summed E-state index contributed by atoms with van der Waals surface area (Å²) in [6.45, 7) is 4.73. The zero-order valence-electron chi connectivity index (χ0n) is 11.0. The molecule has 4 nitrogen and oxygen atoms in total. The Labute approximate surface area is 115 Å². The van der Waals surface area contributed by atoms with Gasteiger partial charge in [0.1, 0.15) is 5.69 Å². The van der Waals surface area contributed by atoms with Crippen molar-refractivity contribution >= 4 is 22.9 Å². The Bertz CT molecular complexity index is 643. The number of thiophene rings is 1. The normalized spacial score (nSPS) is 10.4. The lowest BCUT2D eigenvalue weighted by Gasteiger charge is -2.07. The molecule has 5 heteroatoms. The van der Waals surface area contributed by atoms with Gasteiger partial charge in [-0.15, -0.1) is 11.3 Å². The molecule has 19 heavy (non-hydrogen) atoms. The highest BCUT2D eigenvalue weighted by Crippen LogP contribution is 2.18. The van der Waals surface area contributed by atoms with Gasteiger partial charge < -0.3 is 9.88 Å². The van der Waals surface area contributed by atoms with E-state index in [1.807, 2.05) is 29.9 Å². The van der Waals surface area contributed by atoms with E-state index in [1.165, 1.54) is 17.4 Å². The molecular weight excluding hydrogens is 260 g/mol. The number of carbonyl (C=O) groups is 1. The molecule has 100 valence electrons. The van der Waals surface area contributed by atoms with Crippen LogP contribution in [-0.2, 0) is 13.0 Å². The van der Waals surface area contributed by atoms with Gasteiger partial charge in [0.2, 0.25) is 5.43 Å². The lowest BCUT2D eigenvalue weighted by molar-refractivity contribution is 0.102. The summed E-state index contributed by atoms with van der Waals surface area (Å²) < 4.78 is 1.85. The van der Waals surface area contributed by atoms with Crippen LogP contribution >= 0.6 is 11.3 Å². The molecule has 0 radical (unpaired) electrons. The van der Waals surface area contributed by atoms with E-state index >= 15 is 0 Å². The molecule has 1 amide bonds. The highest BCUT2D eigenvalue weighted by atomic mass is 32.1. The number of rotatable bonds is 4. The third-order valence-corrected chi connectivity index (χ3v) is 3.88. The van der Waals surface area contributed by atoms with Crippen LogP contribution in [0.25, 0.3) is 0 Å². The van der Waals surface area contributed by atoms with Crippen molar-refractivity contribution in [3.05, 3.63) is 50.6 Å². The molecule has 0 fully saturated rings. The summed E-state index contributed by atoms with van der Waals surface area (Å²) in [5.41, 5.74) is 1.16. The van der Waals surface area contributed by atoms with Crippen molar-refractivity contribution < 1.29 is 4.79 Å². The van der Waals surface area contributed by atoms with Crippen LogP contribution in [0.4, 0.5) is 5.69 Å². The fraction of sp³-hybridized carbons (Fsp3) is 0.286. The van der Waals surface area contributed by atoms with Crippen LogP contribution in [0, 0.1) is 0 Å². The van der Waals surface area contributed by atoms with Gasteiger partial charge >= 0.3 is 0 Å². The lowest BCUT2D eigenvalue weighted by atomic mass is 10.2. The van der Waals surface area contributed by atoms with Gasteiger partial charge in [0.15, 0.2) is 0 Å². The summed E-state index contributed by atoms with van der Waals surface area (Å²) >= 11 is 1.40. The number of aromatic nitrogens is 1. The first-order valence-electron chi connectivity index (χ1n) is 6.23. The Hall–Kier alpha value is -1.88. The predicted molar refractivity (Wildman–Crippen MR) is 78.0 cm³/mol. The summed E-state index contributed by atoms with van der Waals surface area (Å²) in [5.74, 6) is -0.210. The highest BCUT2D eigenvalue weighted by molar-refractivity contribution is 7.12. The third-order valence-electron chi connectivity index (χ3n) is 2.93. The zero-order chi connectivity index (χ0) is 13.8. The van der Waals surface area contributed by atoms with Crippen molar-refractivity contribution in [3.63, 3.8) is 0 Å². The van der Waals surface area contributed by atoms with Crippen LogP contribution < -0.4 is 10.7 Å². The molecule has 0 aromatic carbocycles. The summed E-state index contributed by atoms with van der Waals surface area (Å²) in [5, 5.41) is 4.59. The summed E-state index contributed by atoms with van der Waals surface area (Å²) in [6.07, 6.45) is 4.18. The number of pyridine rings is 1. The Morgan fingerprint density at radius 1 is 1.37 bits per heavy atom. The minimum atomic E-state index is -0.210. The van der Waals surface area contributed by atoms with Crippen molar-refractivity contribution in [2.24, 2.45) is 0 Å². The van der Waals surface area contributed by atoms with Gasteiger partial charge in [-0.05, 0) is 30.4 Å². The second-order valence-electron chi connectivity index (χ2n) is 4.14. The smallest absolute Gasteiger partial charge is 0.266 e. The summed E-state index contributed by atoms with van der Waals surface area (Å²) in [7, 11) is 0. The van der Waals surface area contributed by atoms with Crippen LogP contribution in [0.15, 0.2) is 34.7 Å². The van der Waals surface area contributed by atoms with Crippen molar-refractivity contribution in [2.75, 3.05) is 5.32 Å². The van der Waals surface area contributed by atoms with Gasteiger partial charge in [-0.25, -0.2) is 0 Å². The number of nitrogens with zero attached hydrogens (tertiary/aromatic N) is 1. The van der Waals surface area contributed by atoms with Crippen molar-refractivity contribution in [2.45, 2.75) is 26.8 Å². The average molecular weight is 276 g/mol. The van der Waals surface area contributed by atoms with Gasteiger partial charge in [-0.1, -0.05) is 6.92 Å². The standard InChI is InChI=1S/C14H16N2O2S/c1-3-10-6-8-19-13(10)14(18)15-11-9-16(4-2)7-5-12(11)17/h5-9H,3-4H2,1-2H3,(H,15,18). The number of nitrogens with one attached hydrogen (secondary N) is 1. The van der Waals surface area contributed by atoms with E-state index in [0.29, 0.717) is 10.6 Å². The quantitative estimate of drug-likeness (QED) is 0.933. The van der Waals surface area contributed by atoms with Crippen LogP contribution in [0.2, 0.25) is 0 Å². The average Bonchev–Trinajstić information content (AvgIpc) is 2.89. The van der Waals surface area contributed by atoms with Gasteiger partial charge in [-0.3, -0.25) is 9.59 Å². The Balaban J connectivity index is 2.26. The minimum Gasteiger partial charge on any atom is -0.352 e. The number of anilines is 1. The van der Waals surface area contributed by atoms with Gasteiger partial charge in [-0.2, -0.15) is 0 Å². The maximum absolute atomic E-state index is 12.2. The Morgan fingerprint density at radius 3 is 2.84 bits per heavy atom. The monoisotopic (exact) mass is 276 g/mol. The maximum atomic E-state index is 12.2. The van der Waals surface area contributed by atoms with Crippen LogP contribution in [0.3, 0.4) is 0 Å². The largest absolute Gasteiger partial charge is 0.352 e. The molecule has 0 unspecified atom stereocenters. The first kappa shape index (κ1) is 13.5. The lowest BCUT2D eigenvalue weighted by Crippen LogP contribution is -2.19. The fourth-order valence-corrected chi connectivity index (χ4v) is 2.70. The molecule has 1 N–H and O–H groups in total. The first-order valence-corrected chi connectivity index (χ1v) is 7.11. The second-order valence-corrected chi connectivity index (χ2v) is 5.05. The van der Waals surface area contributed by atoms with Gasteiger partial charge in [0, 0.05) is 25.0 Å². The molecular formula is C14H16N2O2S. The maximum Gasteiger partial charge on any atom is 0.266 e. The van der Waals surface area contributed by atoms with E-state index in [9.17, 15) is 9.59 Å². The number of amides is 1. The van der Waals surface area contributed by atoms with E-state index in [2.05, 4.69) is 5.32 Å². The molecule has 0 aliphatic carbocycles. The Morgan fingerprint density at radius 2 is 2.16 bits per heavy atom. The second kappa shape index (κ2) is 5.84. The predicted octanol–water partition coefficient (Wildman–Crippen LogP) is 2.74. The van der Waals surface area contributed by atoms with Crippen LogP contribution in [0.1, 0.15) is 29.1 Å². The molecule has 0 aliphatic rings. The molecule has 0 bridgehead atoms. The van der Waals surface area contributed by atoms with E-state index < -0.39 is 0 Å². The highest BCUT2D eigenvalue weighted by Gasteiger charge is 2.13. The Kier molecular flexibility index (Phi) is 4.16. The van der Waals surface area contributed by atoms with Gasteiger partial charge in [0.25, 0.3) is 5.91 Å². The SMILES string of the molecule is CCc1ccsc1C(=O)Nc1cn(CC)ccc1=O.